The van der Waals surface area contributed by atoms with Gasteiger partial charge in [-0.3, -0.25) is 4.79 Å². The molecule has 0 atom stereocenters. The van der Waals surface area contributed by atoms with Gasteiger partial charge >= 0.3 is 6.18 Å². The van der Waals surface area contributed by atoms with Gasteiger partial charge in [0, 0.05) is 5.56 Å². The minimum Gasteiger partial charge on any atom is -0.489 e. The van der Waals surface area contributed by atoms with Crippen LogP contribution in [0, 0.1) is 0 Å². The van der Waals surface area contributed by atoms with Crippen molar-refractivity contribution in [1.29, 1.82) is 0 Å². The number of hydrogen-bond donors (Lipinski definition) is 0. The second-order valence-electron chi connectivity index (χ2n) is 7.75. The highest BCUT2D eigenvalue weighted by Gasteiger charge is 2.31. The SMILES string of the molecule is CC(C)Oc1ccc(C=Nn2c(-c3cccc(C(F)(F)F)c3)nc3ccccc3c2=O)cc1Cl. The van der Waals surface area contributed by atoms with E-state index in [9.17, 15) is 18.0 Å². The van der Waals surface area contributed by atoms with E-state index in [0.29, 0.717) is 21.9 Å². The Hall–Kier alpha value is -3.65. The van der Waals surface area contributed by atoms with E-state index in [2.05, 4.69) is 10.1 Å². The maximum Gasteiger partial charge on any atom is 0.416 e. The van der Waals surface area contributed by atoms with Gasteiger partial charge in [0.05, 0.1) is 33.8 Å². The lowest BCUT2D eigenvalue weighted by molar-refractivity contribution is -0.137. The molecule has 1 aromatic heterocycles. The van der Waals surface area contributed by atoms with Crippen LogP contribution in [0.5, 0.6) is 5.75 Å². The predicted octanol–water partition coefficient (Wildman–Crippen LogP) is 6.41. The second kappa shape index (κ2) is 9.30. The monoisotopic (exact) mass is 485 g/mol. The summed E-state index contributed by atoms with van der Waals surface area (Å²) in [5, 5.41) is 4.91. The van der Waals surface area contributed by atoms with Crippen molar-refractivity contribution in [2.75, 3.05) is 0 Å². The van der Waals surface area contributed by atoms with E-state index in [-0.39, 0.29) is 22.9 Å². The number of para-hydroxylation sites is 1. The van der Waals surface area contributed by atoms with Crippen LogP contribution in [-0.4, -0.2) is 22.0 Å². The standard InChI is InChI=1S/C25H19ClF3N3O2/c1-15(2)34-22-11-10-16(12-20(22)26)14-30-32-23(17-6-5-7-18(13-17)25(27,28)29)31-21-9-4-3-8-19(21)24(32)33/h3-15H,1-2H3. The molecule has 1 heterocycles. The second-order valence-corrected chi connectivity index (χ2v) is 8.16. The molecule has 0 bridgehead atoms. The van der Waals surface area contributed by atoms with E-state index >= 15 is 0 Å². The normalized spacial score (nSPS) is 12.1. The Morgan fingerprint density at radius 3 is 2.53 bits per heavy atom. The molecule has 4 aromatic rings. The lowest BCUT2D eigenvalue weighted by Gasteiger charge is -2.12. The first-order chi connectivity index (χ1) is 16.1. The highest BCUT2D eigenvalue weighted by Crippen LogP contribution is 2.32. The highest BCUT2D eigenvalue weighted by molar-refractivity contribution is 6.32. The fraction of sp³-hybridized carbons (Fsp3) is 0.160. The lowest BCUT2D eigenvalue weighted by atomic mass is 10.1. The fourth-order valence-electron chi connectivity index (χ4n) is 3.32. The van der Waals surface area contributed by atoms with E-state index in [1.165, 1.54) is 18.3 Å². The molecule has 0 fully saturated rings. The van der Waals surface area contributed by atoms with Crippen molar-refractivity contribution in [2.45, 2.75) is 26.1 Å². The minimum atomic E-state index is -4.54. The molecule has 0 unspecified atom stereocenters. The summed E-state index contributed by atoms with van der Waals surface area (Å²) in [7, 11) is 0. The maximum atomic E-state index is 13.3. The molecular weight excluding hydrogens is 467 g/mol. The molecule has 0 radical (unpaired) electrons. The van der Waals surface area contributed by atoms with Crippen LogP contribution >= 0.6 is 11.6 Å². The van der Waals surface area contributed by atoms with Crippen LogP contribution < -0.4 is 10.3 Å². The smallest absolute Gasteiger partial charge is 0.416 e. The van der Waals surface area contributed by atoms with Gasteiger partial charge in [0.1, 0.15) is 5.75 Å². The number of fused-ring (bicyclic) bond motifs is 1. The van der Waals surface area contributed by atoms with Gasteiger partial charge < -0.3 is 4.74 Å². The maximum absolute atomic E-state index is 13.3. The van der Waals surface area contributed by atoms with E-state index in [1.54, 1.807) is 42.5 Å². The number of aromatic nitrogens is 2. The fourth-order valence-corrected chi connectivity index (χ4v) is 3.56. The van der Waals surface area contributed by atoms with Gasteiger partial charge in [-0.1, -0.05) is 35.9 Å². The van der Waals surface area contributed by atoms with Gasteiger partial charge in [-0.15, -0.1) is 0 Å². The third-order valence-electron chi connectivity index (χ3n) is 4.84. The third-order valence-corrected chi connectivity index (χ3v) is 5.14. The molecule has 0 aliphatic carbocycles. The summed E-state index contributed by atoms with van der Waals surface area (Å²) in [5.41, 5.74) is -0.343. The average molecular weight is 486 g/mol. The van der Waals surface area contributed by atoms with E-state index < -0.39 is 17.3 Å². The Labute approximate surface area is 198 Å². The van der Waals surface area contributed by atoms with E-state index in [1.807, 2.05) is 13.8 Å². The average Bonchev–Trinajstić information content (AvgIpc) is 2.79. The summed E-state index contributed by atoms with van der Waals surface area (Å²) in [6.07, 6.45) is -3.22. The molecule has 0 saturated heterocycles. The molecular formula is C25H19ClF3N3O2. The van der Waals surface area contributed by atoms with Crippen LogP contribution in [0.15, 0.2) is 76.6 Å². The number of halogens is 4. The molecule has 4 rings (SSSR count). The van der Waals surface area contributed by atoms with Gasteiger partial charge in [0.15, 0.2) is 5.82 Å². The summed E-state index contributed by atoms with van der Waals surface area (Å²) in [6.45, 7) is 3.75. The summed E-state index contributed by atoms with van der Waals surface area (Å²) in [4.78, 5) is 17.7. The Bertz CT molecular complexity index is 1450. The first-order valence-corrected chi connectivity index (χ1v) is 10.7. The lowest BCUT2D eigenvalue weighted by Crippen LogP contribution is -2.20. The van der Waals surface area contributed by atoms with Crippen molar-refractivity contribution in [1.82, 2.24) is 9.66 Å². The molecule has 0 spiro atoms. The van der Waals surface area contributed by atoms with Crippen molar-refractivity contribution in [3.05, 3.63) is 93.2 Å². The predicted molar refractivity (Wildman–Crippen MR) is 127 cm³/mol. The molecule has 9 heteroatoms. The number of hydrogen-bond acceptors (Lipinski definition) is 4. The third kappa shape index (κ3) is 4.97. The number of ether oxygens (including phenoxy) is 1. The zero-order chi connectivity index (χ0) is 24.5. The molecule has 34 heavy (non-hydrogen) atoms. The Morgan fingerprint density at radius 2 is 1.82 bits per heavy atom. The summed E-state index contributed by atoms with van der Waals surface area (Å²) < 4.78 is 46.5. The molecule has 5 nitrogen and oxygen atoms in total. The van der Waals surface area contributed by atoms with Gasteiger partial charge in [-0.25, -0.2) is 4.98 Å². The number of nitrogens with zero attached hydrogens (tertiary/aromatic N) is 3. The zero-order valence-electron chi connectivity index (χ0n) is 18.2. The van der Waals surface area contributed by atoms with Crippen LogP contribution in [0.4, 0.5) is 13.2 Å². The van der Waals surface area contributed by atoms with Gasteiger partial charge in [-0.05, 0) is 61.9 Å². The van der Waals surface area contributed by atoms with Crippen molar-refractivity contribution in [2.24, 2.45) is 5.10 Å². The number of benzene rings is 3. The van der Waals surface area contributed by atoms with Crippen LogP contribution in [0.1, 0.15) is 25.0 Å². The molecule has 0 saturated carbocycles. The van der Waals surface area contributed by atoms with E-state index in [4.69, 9.17) is 16.3 Å². The number of alkyl halides is 3. The summed E-state index contributed by atoms with van der Waals surface area (Å²) in [6, 6.07) is 16.2. The first kappa shape index (κ1) is 23.5. The Kier molecular flexibility index (Phi) is 6.43. The Balaban J connectivity index is 1.85. The zero-order valence-corrected chi connectivity index (χ0v) is 18.9. The van der Waals surface area contributed by atoms with Crippen molar-refractivity contribution < 1.29 is 17.9 Å². The molecule has 0 amide bonds. The molecule has 174 valence electrons. The van der Waals surface area contributed by atoms with Crippen LogP contribution in [0.3, 0.4) is 0 Å². The number of rotatable bonds is 5. The van der Waals surface area contributed by atoms with Crippen molar-refractivity contribution in [3.8, 4) is 17.1 Å². The summed E-state index contributed by atoms with van der Waals surface area (Å²) in [5.74, 6) is 0.486. The van der Waals surface area contributed by atoms with E-state index in [0.717, 1.165) is 16.8 Å². The molecule has 0 N–H and O–H groups in total. The summed E-state index contributed by atoms with van der Waals surface area (Å²) >= 11 is 6.28. The van der Waals surface area contributed by atoms with Crippen LogP contribution in [0.2, 0.25) is 5.02 Å². The minimum absolute atomic E-state index is 0.0168. The van der Waals surface area contributed by atoms with Gasteiger partial charge in [0.25, 0.3) is 5.56 Å². The van der Waals surface area contributed by atoms with Crippen molar-refractivity contribution >= 4 is 28.7 Å². The molecule has 3 aromatic carbocycles. The van der Waals surface area contributed by atoms with Crippen LogP contribution in [0.25, 0.3) is 22.3 Å². The van der Waals surface area contributed by atoms with Crippen molar-refractivity contribution in [3.63, 3.8) is 0 Å². The Morgan fingerprint density at radius 1 is 1.06 bits per heavy atom. The molecule has 0 aliphatic heterocycles. The van der Waals surface area contributed by atoms with Gasteiger partial charge in [-0.2, -0.15) is 22.9 Å². The highest BCUT2D eigenvalue weighted by atomic mass is 35.5. The van der Waals surface area contributed by atoms with Crippen LogP contribution in [-0.2, 0) is 6.18 Å². The van der Waals surface area contributed by atoms with Gasteiger partial charge in [0.2, 0.25) is 0 Å². The largest absolute Gasteiger partial charge is 0.489 e. The first-order valence-electron chi connectivity index (χ1n) is 10.3. The quantitative estimate of drug-likeness (QED) is 0.307. The molecule has 0 aliphatic rings. The topological polar surface area (TPSA) is 56.5 Å².